The molecule has 1 aromatic carbocycles. The van der Waals surface area contributed by atoms with Crippen molar-refractivity contribution in [2.24, 2.45) is 5.92 Å². The molecule has 0 spiro atoms. The summed E-state index contributed by atoms with van der Waals surface area (Å²) >= 11 is 0. The van der Waals surface area contributed by atoms with Gasteiger partial charge in [-0.2, -0.15) is 0 Å². The summed E-state index contributed by atoms with van der Waals surface area (Å²) in [6.07, 6.45) is 8.84. The molecular formula is C21H28N4O. The van der Waals surface area contributed by atoms with Gasteiger partial charge in [-0.3, -0.25) is 4.79 Å². The molecule has 0 unspecified atom stereocenters. The minimum absolute atomic E-state index is 0.140. The number of hydrogen-bond acceptors (Lipinski definition) is 4. The summed E-state index contributed by atoms with van der Waals surface area (Å²) in [4.78, 5) is 23.0. The Morgan fingerprint density at radius 3 is 2.58 bits per heavy atom. The van der Waals surface area contributed by atoms with Crippen molar-refractivity contribution < 1.29 is 4.79 Å². The lowest BCUT2D eigenvalue weighted by Gasteiger charge is -2.32. The molecule has 26 heavy (non-hydrogen) atoms. The number of unbranched alkanes of at least 4 members (excludes halogenated alkanes) is 1. The zero-order valence-corrected chi connectivity index (χ0v) is 15.5. The van der Waals surface area contributed by atoms with Crippen LogP contribution in [0.5, 0.6) is 0 Å². The SMILES string of the molecule is CCCCNC(=O)c1cnc(N2CCC(Cc3ccccc3)CC2)cn1. The maximum atomic E-state index is 12.0. The largest absolute Gasteiger partial charge is 0.355 e. The lowest BCUT2D eigenvalue weighted by Crippen LogP contribution is -2.35. The lowest BCUT2D eigenvalue weighted by atomic mass is 9.90. The second-order valence-electron chi connectivity index (χ2n) is 6.99. The van der Waals surface area contributed by atoms with Gasteiger partial charge in [0.2, 0.25) is 0 Å². The van der Waals surface area contributed by atoms with E-state index in [0.717, 1.165) is 56.9 Å². The van der Waals surface area contributed by atoms with Gasteiger partial charge in [0.25, 0.3) is 5.91 Å². The zero-order chi connectivity index (χ0) is 18.2. The van der Waals surface area contributed by atoms with Crippen molar-refractivity contribution in [2.45, 2.75) is 39.0 Å². The number of carbonyl (C=O) groups is 1. The lowest BCUT2D eigenvalue weighted by molar-refractivity contribution is 0.0948. The molecule has 1 N–H and O–H groups in total. The van der Waals surface area contributed by atoms with Crippen molar-refractivity contribution in [3.05, 3.63) is 54.0 Å². The van der Waals surface area contributed by atoms with Gasteiger partial charge < -0.3 is 10.2 Å². The van der Waals surface area contributed by atoms with Crippen LogP contribution >= 0.6 is 0 Å². The molecular weight excluding hydrogens is 324 g/mol. The van der Waals surface area contributed by atoms with E-state index < -0.39 is 0 Å². The highest BCUT2D eigenvalue weighted by atomic mass is 16.1. The molecule has 2 aromatic rings. The van der Waals surface area contributed by atoms with Crippen molar-refractivity contribution in [2.75, 3.05) is 24.5 Å². The first-order chi connectivity index (χ1) is 12.8. The van der Waals surface area contributed by atoms with Gasteiger partial charge in [0, 0.05) is 19.6 Å². The van der Waals surface area contributed by atoms with Crippen molar-refractivity contribution in [1.82, 2.24) is 15.3 Å². The van der Waals surface area contributed by atoms with E-state index in [1.165, 1.54) is 5.56 Å². The normalized spacial score (nSPS) is 15.0. The Kier molecular flexibility index (Phi) is 6.58. The van der Waals surface area contributed by atoms with E-state index >= 15 is 0 Å². The number of rotatable bonds is 7. The summed E-state index contributed by atoms with van der Waals surface area (Å²) in [5, 5.41) is 2.87. The Hall–Kier alpha value is -2.43. The number of nitrogens with one attached hydrogen (secondary N) is 1. The van der Waals surface area contributed by atoms with Crippen LogP contribution in [0.4, 0.5) is 5.82 Å². The highest BCUT2D eigenvalue weighted by Crippen LogP contribution is 2.24. The van der Waals surface area contributed by atoms with Crippen LogP contribution in [-0.2, 0) is 6.42 Å². The van der Waals surface area contributed by atoms with E-state index in [4.69, 9.17) is 0 Å². The minimum Gasteiger partial charge on any atom is -0.355 e. The van der Waals surface area contributed by atoms with Gasteiger partial charge >= 0.3 is 0 Å². The summed E-state index contributed by atoms with van der Waals surface area (Å²) in [6.45, 7) is 4.78. The van der Waals surface area contributed by atoms with Gasteiger partial charge in [0.05, 0.1) is 12.4 Å². The number of anilines is 1. The van der Waals surface area contributed by atoms with Gasteiger partial charge in [0.1, 0.15) is 11.5 Å². The average Bonchev–Trinajstić information content (AvgIpc) is 2.70. The Balaban J connectivity index is 1.49. The monoisotopic (exact) mass is 352 g/mol. The minimum atomic E-state index is -0.140. The summed E-state index contributed by atoms with van der Waals surface area (Å²) in [7, 11) is 0. The third kappa shape index (κ3) is 5.04. The number of hydrogen-bond donors (Lipinski definition) is 1. The molecule has 0 saturated carbocycles. The van der Waals surface area contributed by atoms with Crippen LogP contribution < -0.4 is 10.2 Å². The molecule has 0 bridgehead atoms. The standard InChI is InChI=1S/C21H28N4O/c1-2-3-11-22-21(26)19-15-24-20(16-23-19)25-12-9-18(10-13-25)14-17-7-5-4-6-8-17/h4-8,15-16,18H,2-3,9-14H2,1H3,(H,22,26). The molecule has 0 atom stereocenters. The topological polar surface area (TPSA) is 58.1 Å². The van der Waals surface area contributed by atoms with Crippen LogP contribution in [0, 0.1) is 5.92 Å². The van der Waals surface area contributed by atoms with Gasteiger partial charge in [-0.1, -0.05) is 43.7 Å². The van der Waals surface area contributed by atoms with Gasteiger partial charge in [0.15, 0.2) is 0 Å². The molecule has 1 aliphatic heterocycles. The smallest absolute Gasteiger partial charge is 0.271 e. The molecule has 1 aliphatic rings. The summed E-state index contributed by atoms with van der Waals surface area (Å²) in [5.74, 6) is 1.46. The second kappa shape index (κ2) is 9.32. The summed E-state index contributed by atoms with van der Waals surface area (Å²) in [5.41, 5.74) is 1.81. The third-order valence-corrected chi connectivity index (χ3v) is 4.99. The predicted octanol–water partition coefficient (Wildman–Crippen LogP) is 3.47. The van der Waals surface area contributed by atoms with Crippen LogP contribution in [0.1, 0.15) is 48.7 Å². The van der Waals surface area contributed by atoms with E-state index in [1.54, 1.807) is 12.4 Å². The van der Waals surface area contributed by atoms with Crippen LogP contribution in [0.2, 0.25) is 0 Å². The van der Waals surface area contributed by atoms with Crippen molar-refractivity contribution >= 4 is 11.7 Å². The first kappa shape index (κ1) is 18.4. The molecule has 138 valence electrons. The van der Waals surface area contributed by atoms with Crippen LogP contribution in [0.25, 0.3) is 0 Å². The molecule has 1 aromatic heterocycles. The Bertz CT molecular complexity index is 679. The fourth-order valence-corrected chi connectivity index (χ4v) is 3.38. The van der Waals surface area contributed by atoms with Crippen LogP contribution in [0.3, 0.4) is 0 Å². The van der Waals surface area contributed by atoms with E-state index in [0.29, 0.717) is 12.2 Å². The van der Waals surface area contributed by atoms with Crippen LogP contribution in [0.15, 0.2) is 42.7 Å². The second-order valence-corrected chi connectivity index (χ2v) is 6.99. The van der Waals surface area contributed by atoms with Crippen molar-refractivity contribution in [3.8, 4) is 0 Å². The third-order valence-electron chi connectivity index (χ3n) is 4.99. The molecule has 5 nitrogen and oxygen atoms in total. The number of nitrogens with zero attached hydrogens (tertiary/aromatic N) is 3. The fourth-order valence-electron chi connectivity index (χ4n) is 3.38. The Morgan fingerprint density at radius 1 is 1.15 bits per heavy atom. The van der Waals surface area contributed by atoms with E-state index in [1.807, 2.05) is 0 Å². The number of piperidine rings is 1. The highest BCUT2D eigenvalue weighted by molar-refractivity contribution is 5.91. The zero-order valence-electron chi connectivity index (χ0n) is 15.5. The van der Waals surface area contributed by atoms with Crippen molar-refractivity contribution in [3.63, 3.8) is 0 Å². The number of carbonyl (C=O) groups excluding carboxylic acids is 1. The Morgan fingerprint density at radius 2 is 1.92 bits per heavy atom. The van der Waals surface area contributed by atoms with E-state index in [-0.39, 0.29) is 5.91 Å². The summed E-state index contributed by atoms with van der Waals surface area (Å²) in [6, 6.07) is 10.7. The molecule has 1 amide bonds. The van der Waals surface area contributed by atoms with Gasteiger partial charge in [-0.05, 0) is 37.2 Å². The molecule has 0 radical (unpaired) electrons. The van der Waals surface area contributed by atoms with E-state index in [9.17, 15) is 4.79 Å². The quantitative estimate of drug-likeness (QED) is 0.775. The Labute approximate surface area is 155 Å². The molecule has 0 aliphatic carbocycles. The molecule has 3 rings (SSSR count). The van der Waals surface area contributed by atoms with E-state index in [2.05, 4.69) is 57.4 Å². The van der Waals surface area contributed by atoms with Crippen LogP contribution in [-0.4, -0.2) is 35.5 Å². The first-order valence-corrected chi connectivity index (χ1v) is 9.65. The summed E-state index contributed by atoms with van der Waals surface area (Å²) < 4.78 is 0. The predicted molar refractivity (Wildman–Crippen MR) is 104 cm³/mol. The molecule has 1 fully saturated rings. The number of benzene rings is 1. The molecule has 5 heteroatoms. The van der Waals surface area contributed by atoms with Crippen molar-refractivity contribution in [1.29, 1.82) is 0 Å². The molecule has 1 saturated heterocycles. The molecule has 2 heterocycles. The number of aromatic nitrogens is 2. The maximum Gasteiger partial charge on any atom is 0.271 e. The number of amides is 1. The average molecular weight is 352 g/mol. The van der Waals surface area contributed by atoms with Gasteiger partial charge in [-0.15, -0.1) is 0 Å². The highest BCUT2D eigenvalue weighted by Gasteiger charge is 2.21. The first-order valence-electron chi connectivity index (χ1n) is 9.65. The fraction of sp³-hybridized carbons (Fsp3) is 0.476. The van der Waals surface area contributed by atoms with Gasteiger partial charge in [-0.25, -0.2) is 9.97 Å². The maximum absolute atomic E-state index is 12.0.